The van der Waals surface area contributed by atoms with Gasteiger partial charge < -0.3 is 0 Å². The topological polar surface area (TPSA) is 93.3 Å². The van der Waals surface area contributed by atoms with Gasteiger partial charge >= 0.3 is 6.18 Å². The van der Waals surface area contributed by atoms with Gasteiger partial charge in [-0.15, -0.1) is 0 Å². The molecule has 0 amide bonds. The van der Waals surface area contributed by atoms with Gasteiger partial charge in [0.05, 0.1) is 16.2 Å². The molecule has 4 aromatic rings. The number of aromatic nitrogens is 3. The maximum absolute atomic E-state index is 13.7. The van der Waals surface area contributed by atoms with Crippen LogP contribution in [0, 0.1) is 10.1 Å². The fraction of sp³-hybridized carbons (Fsp3) is 0.0526. The van der Waals surface area contributed by atoms with Crippen LogP contribution in [0.1, 0.15) is 5.69 Å². The molecular weight excluding hydrogens is 425 g/mol. The molecule has 2 aromatic heterocycles. The lowest BCUT2D eigenvalue weighted by molar-refractivity contribution is -0.384. The van der Waals surface area contributed by atoms with Crippen LogP contribution in [0.25, 0.3) is 28.0 Å². The third-order valence-corrected chi connectivity index (χ3v) is 4.64. The van der Waals surface area contributed by atoms with E-state index >= 15 is 0 Å². The molecule has 152 valence electrons. The van der Waals surface area contributed by atoms with Crippen LogP contribution in [0.2, 0.25) is 5.02 Å². The number of fused-ring (bicyclic) bond motifs is 1. The highest BCUT2D eigenvalue weighted by molar-refractivity contribution is 6.30. The Morgan fingerprint density at radius 2 is 1.77 bits per heavy atom. The maximum Gasteiger partial charge on any atom is 0.433 e. The smallest absolute Gasteiger partial charge is 0.284 e. The molecule has 0 bridgehead atoms. The van der Waals surface area contributed by atoms with Crippen molar-refractivity contribution >= 4 is 22.9 Å². The molecule has 7 nitrogen and oxygen atoms in total. The van der Waals surface area contributed by atoms with Crippen LogP contribution in [-0.2, 0) is 6.18 Å². The molecule has 0 aliphatic heterocycles. The minimum Gasteiger partial charge on any atom is -0.284 e. The summed E-state index contributed by atoms with van der Waals surface area (Å²) < 4.78 is 41.7. The van der Waals surface area contributed by atoms with E-state index < -0.39 is 22.4 Å². The number of nitrogens with zero attached hydrogens (tertiary/aromatic N) is 3. The number of alkyl halides is 3. The minimum absolute atomic E-state index is 0.00615. The van der Waals surface area contributed by atoms with Crippen LogP contribution >= 0.6 is 11.6 Å². The van der Waals surface area contributed by atoms with Crippen molar-refractivity contribution in [3.05, 3.63) is 85.8 Å². The zero-order valence-electron chi connectivity index (χ0n) is 14.8. The molecule has 0 unspecified atom stereocenters. The van der Waals surface area contributed by atoms with E-state index in [2.05, 4.69) is 10.1 Å². The van der Waals surface area contributed by atoms with E-state index in [1.54, 1.807) is 0 Å². The summed E-state index contributed by atoms with van der Waals surface area (Å²) >= 11 is 5.84. The summed E-state index contributed by atoms with van der Waals surface area (Å²) in [7, 11) is 0. The number of non-ortho nitro benzene ring substituents is 1. The SMILES string of the molecule is O=c1cc(-c2cccc([N+](=O)[O-])c2)nc2c(-c3ccc(Cl)cc3)c(C(F)(F)F)[nH]n12. The molecule has 2 heterocycles. The molecule has 2 aromatic carbocycles. The number of H-pyrrole nitrogens is 1. The monoisotopic (exact) mass is 434 g/mol. The number of rotatable bonds is 3. The van der Waals surface area contributed by atoms with Crippen molar-refractivity contribution in [1.29, 1.82) is 0 Å². The first kappa shape index (κ1) is 19.6. The molecule has 30 heavy (non-hydrogen) atoms. The Labute approximate surface area is 170 Å². The standard InChI is InChI=1S/C19H10ClF3N4O3/c20-12-6-4-10(5-7-12)16-17(19(21,22)23)25-26-15(28)9-14(24-18(16)26)11-2-1-3-13(8-11)27(29)30/h1-9,25H. The zero-order valence-corrected chi connectivity index (χ0v) is 15.5. The molecule has 0 atom stereocenters. The van der Waals surface area contributed by atoms with Gasteiger partial charge in [0.2, 0.25) is 0 Å². The lowest BCUT2D eigenvalue weighted by Crippen LogP contribution is -2.15. The fourth-order valence-corrected chi connectivity index (χ4v) is 3.19. The summed E-state index contributed by atoms with van der Waals surface area (Å²) in [6, 6.07) is 11.9. The largest absolute Gasteiger partial charge is 0.433 e. The minimum atomic E-state index is -4.79. The van der Waals surface area contributed by atoms with Crippen LogP contribution in [0.15, 0.2) is 59.4 Å². The van der Waals surface area contributed by atoms with E-state index in [1.165, 1.54) is 48.5 Å². The van der Waals surface area contributed by atoms with Gasteiger partial charge in [-0.05, 0) is 17.7 Å². The summed E-state index contributed by atoms with van der Waals surface area (Å²) in [5.41, 5.74) is -2.40. The molecule has 11 heteroatoms. The van der Waals surface area contributed by atoms with Crippen molar-refractivity contribution in [3.63, 3.8) is 0 Å². The predicted octanol–water partition coefficient (Wildman–Crippen LogP) is 4.94. The molecule has 0 saturated heterocycles. The molecular formula is C19H10ClF3N4O3. The quantitative estimate of drug-likeness (QED) is 0.365. The first-order valence-corrected chi connectivity index (χ1v) is 8.76. The fourth-order valence-electron chi connectivity index (χ4n) is 3.06. The zero-order chi connectivity index (χ0) is 21.6. The van der Waals surface area contributed by atoms with Gasteiger partial charge in [0, 0.05) is 28.8 Å². The predicted molar refractivity (Wildman–Crippen MR) is 103 cm³/mol. The van der Waals surface area contributed by atoms with Crippen LogP contribution in [0.3, 0.4) is 0 Å². The molecule has 0 spiro atoms. The van der Waals surface area contributed by atoms with Gasteiger partial charge in [-0.1, -0.05) is 35.9 Å². The van der Waals surface area contributed by atoms with E-state index in [4.69, 9.17) is 11.6 Å². The van der Waals surface area contributed by atoms with Crippen LogP contribution < -0.4 is 5.56 Å². The summed E-state index contributed by atoms with van der Waals surface area (Å²) in [6.45, 7) is 0. The van der Waals surface area contributed by atoms with Crippen molar-refractivity contribution in [3.8, 4) is 22.4 Å². The second-order valence-electron chi connectivity index (χ2n) is 6.31. The summed E-state index contributed by atoms with van der Waals surface area (Å²) in [6.07, 6.45) is -4.79. The number of aromatic amines is 1. The number of hydrogen-bond acceptors (Lipinski definition) is 4. The van der Waals surface area contributed by atoms with E-state index in [9.17, 15) is 28.1 Å². The normalized spacial score (nSPS) is 11.7. The lowest BCUT2D eigenvalue weighted by Gasteiger charge is -2.07. The Bertz CT molecular complexity index is 1340. The highest BCUT2D eigenvalue weighted by Crippen LogP contribution is 2.38. The Hall–Kier alpha value is -3.66. The van der Waals surface area contributed by atoms with Gasteiger partial charge in [-0.2, -0.15) is 13.2 Å². The molecule has 1 N–H and O–H groups in total. The Kier molecular flexibility index (Phi) is 4.58. The number of nitro benzene ring substituents is 1. The first-order chi connectivity index (χ1) is 14.1. The molecule has 4 rings (SSSR count). The number of benzene rings is 2. The van der Waals surface area contributed by atoms with Gasteiger partial charge in [-0.3, -0.25) is 20.0 Å². The van der Waals surface area contributed by atoms with Crippen molar-refractivity contribution in [2.75, 3.05) is 0 Å². The second-order valence-corrected chi connectivity index (χ2v) is 6.75. The number of halogens is 4. The van der Waals surface area contributed by atoms with Gasteiger partial charge in [0.1, 0.15) is 5.69 Å². The van der Waals surface area contributed by atoms with Crippen molar-refractivity contribution < 1.29 is 18.1 Å². The van der Waals surface area contributed by atoms with Crippen LogP contribution in [0.5, 0.6) is 0 Å². The maximum atomic E-state index is 13.7. The number of nitro groups is 1. The van der Waals surface area contributed by atoms with Crippen LogP contribution in [-0.4, -0.2) is 19.5 Å². The average molecular weight is 435 g/mol. The van der Waals surface area contributed by atoms with Crippen molar-refractivity contribution in [2.24, 2.45) is 0 Å². The highest BCUT2D eigenvalue weighted by atomic mass is 35.5. The second kappa shape index (κ2) is 6.99. The van der Waals surface area contributed by atoms with Gasteiger partial charge in [0.15, 0.2) is 5.65 Å². The van der Waals surface area contributed by atoms with Crippen molar-refractivity contribution in [1.82, 2.24) is 14.6 Å². The van der Waals surface area contributed by atoms with E-state index in [0.29, 0.717) is 9.54 Å². The molecule has 0 radical (unpaired) electrons. The van der Waals surface area contributed by atoms with Gasteiger partial charge in [0.25, 0.3) is 11.2 Å². The van der Waals surface area contributed by atoms with Crippen molar-refractivity contribution in [2.45, 2.75) is 6.18 Å². The summed E-state index contributed by atoms with van der Waals surface area (Å²) in [4.78, 5) is 27.2. The highest BCUT2D eigenvalue weighted by Gasteiger charge is 2.38. The van der Waals surface area contributed by atoms with Gasteiger partial charge in [-0.25, -0.2) is 9.50 Å². The molecule has 0 saturated carbocycles. The summed E-state index contributed by atoms with van der Waals surface area (Å²) in [5.74, 6) is 0. The Morgan fingerprint density at radius 1 is 1.07 bits per heavy atom. The number of hydrogen-bond donors (Lipinski definition) is 1. The third-order valence-electron chi connectivity index (χ3n) is 4.39. The molecule has 0 aliphatic rings. The molecule has 0 fully saturated rings. The van der Waals surface area contributed by atoms with Crippen LogP contribution in [0.4, 0.5) is 18.9 Å². The summed E-state index contributed by atoms with van der Waals surface area (Å²) in [5, 5.41) is 13.4. The lowest BCUT2D eigenvalue weighted by atomic mass is 10.1. The Balaban J connectivity index is 2.03. The van der Waals surface area contributed by atoms with E-state index in [1.807, 2.05) is 0 Å². The number of nitrogens with one attached hydrogen (secondary N) is 1. The average Bonchev–Trinajstić information content (AvgIpc) is 3.09. The van der Waals surface area contributed by atoms with E-state index in [-0.39, 0.29) is 33.7 Å². The third kappa shape index (κ3) is 3.41. The molecule has 0 aliphatic carbocycles. The Morgan fingerprint density at radius 3 is 2.40 bits per heavy atom. The first-order valence-electron chi connectivity index (χ1n) is 8.39. The van der Waals surface area contributed by atoms with E-state index in [0.717, 1.165) is 6.07 Å².